The van der Waals surface area contributed by atoms with Crippen LogP contribution in [0.2, 0.25) is 0 Å². The van der Waals surface area contributed by atoms with Gasteiger partial charge in [0, 0.05) is 49.2 Å². The lowest BCUT2D eigenvalue weighted by Crippen LogP contribution is -2.39. The molecule has 1 spiro atoms. The Balaban J connectivity index is 1.27. The second-order valence-electron chi connectivity index (χ2n) is 11.7. The highest BCUT2D eigenvalue weighted by molar-refractivity contribution is 7.93. The quantitative estimate of drug-likeness (QED) is 0.479. The maximum atomic E-state index is 13.7. The van der Waals surface area contributed by atoms with E-state index >= 15 is 0 Å². The van der Waals surface area contributed by atoms with Crippen LogP contribution in [0.1, 0.15) is 67.3 Å². The summed E-state index contributed by atoms with van der Waals surface area (Å²) in [6.07, 6.45) is 5.89. The van der Waals surface area contributed by atoms with E-state index in [1.54, 1.807) is 24.3 Å². The number of alkyl halides is 2. The van der Waals surface area contributed by atoms with Gasteiger partial charge >= 0.3 is 0 Å². The predicted octanol–water partition coefficient (Wildman–Crippen LogP) is 5.83. The molecule has 2 saturated carbocycles. The zero-order chi connectivity index (χ0) is 26.7. The average molecular weight is 544 g/mol. The van der Waals surface area contributed by atoms with Crippen LogP contribution in [0, 0.1) is 17.1 Å². The number of hydrogen-bond donors (Lipinski definition) is 2. The van der Waals surface area contributed by atoms with Crippen molar-refractivity contribution >= 4 is 33.0 Å². The largest absolute Gasteiger partial charge is 0.371 e. The second-order valence-corrected chi connectivity index (χ2v) is 14.0. The minimum Gasteiger partial charge on any atom is -0.371 e. The topological polar surface area (TPSA) is 89.4 Å². The van der Waals surface area contributed by atoms with Crippen LogP contribution in [0.25, 0.3) is 0 Å². The van der Waals surface area contributed by atoms with Gasteiger partial charge in [0.15, 0.2) is 0 Å². The van der Waals surface area contributed by atoms with E-state index in [-0.39, 0.29) is 37.1 Å². The summed E-state index contributed by atoms with van der Waals surface area (Å²) in [6.45, 7) is 3.99. The molecule has 2 aliphatic carbocycles. The molecule has 2 aliphatic heterocycles. The number of carbonyl (C=O) groups is 1. The summed E-state index contributed by atoms with van der Waals surface area (Å²) in [5.41, 5.74) is 2.53. The lowest BCUT2D eigenvalue weighted by molar-refractivity contribution is -0.0221. The van der Waals surface area contributed by atoms with Crippen LogP contribution in [0.5, 0.6) is 0 Å². The molecule has 0 unspecified atom stereocenters. The Kier molecular flexibility index (Phi) is 6.16. The van der Waals surface area contributed by atoms with E-state index in [4.69, 9.17) is 4.78 Å². The number of anilines is 3. The molecule has 1 aromatic carbocycles. The van der Waals surface area contributed by atoms with Gasteiger partial charge in [-0.05, 0) is 86.8 Å². The molecule has 7 nitrogen and oxygen atoms in total. The Hall–Kier alpha value is -2.75. The lowest BCUT2D eigenvalue weighted by atomic mass is 9.93. The summed E-state index contributed by atoms with van der Waals surface area (Å²) in [5.74, 6) is -2.02. The number of carbonyl (C=O) groups excluding carboxylic acids is 1. The molecule has 3 heterocycles. The molecule has 6 rings (SSSR count). The Bertz CT molecular complexity index is 1350. The van der Waals surface area contributed by atoms with Gasteiger partial charge in [-0.2, -0.15) is 0 Å². The third-order valence-corrected chi connectivity index (χ3v) is 11.1. The van der Waals surface area contributed by atoms with Crippen LogP contribution in [0.4, 0.5) is 26.1 Å². The first-order chi connectivity index (χ1) is 18.0. The summed E-state index contributed by atoms with van der Waals surface area (Å²) in [7, 11) is -2.90. The van der Waals surface area contributed by atoms with Crippen LogP contribution in [-0.4, -0.2) is 52.5 Å². The minimum absolute atomic E-state index is 0.101. The maximum Gasteiger partial charge on any atom is 0.258 e. The predicted molar refractivity (Wildman–Crippen MR) is 145 cm³/mol. The number of amides is 1. The lowest BCUT2D eigenvalue weighted by Gasteiger charge is -2.35. The smallest absolute Gasteiger partial charge is 0.258 e. The van der Waals surface area contributed by atoms with Crippen LogP contribution in [0.3, 0.4) is 0 Å². The molecule has 2 aromatic rings. The van der Waals surface area contributed by atoms with E-state index < -0.39 is 15.7 Å². The van der Waals surface area contributed by atoms with Gasteiger partial charge in [0.05, 0.1) is 21.0 Å². The van der Waals surface area contributed by atoms with E-state index in [9.17, 15) is 17.8 Å². The first-order valence-electron chi connectivity index (χ1n) is 13.6. The van der Waals surface area contributed by atoms with Crippen molar-refractivity contribution < 1.29 is 17.8 Å². The molecule has 1 aromatic heterocycles. The third kappa shape index (κ3) is 5.11. The van der Waals surface area contributed by atoms with Crippen molar-refractivity contribution in [2.45, 2.75) is 74.4 Å². The number of nitrogens with one attached hydrogen (secondary N) is 2. The summed E-state index contributed by atoms with van der Waals surface area (Å²) < 4.78 is 49.1. The fourth-order valence-electron chi connectivity index (χ4n) is 5.77. The van der Waals surface area contributed by atoms with E-state index in [1.165, 1.54) is 12.8 Å². The highest BCUT2D eigenvalue weighted by atomic mass is 32.2. The average Bonchev–Trinajstić information content (AvgIpc) is 3.80. The molecule has 2 N–H and O–H groups in total. The van der Waals surface area contributed by atoms with Gasteiger partial charge in [-0.15, -0.1) is 0 Å². The molecule has 1 amide bonds. The number of benzene rings is 1. The van der Waals surface area contributed by atoms with Gasteiger partial charge in [0.25, 0.3) is 11.8 Å². The van der Waals surface area contributed by atoms with E-state index in [1.807, 2.05) is 17.9 Å². The summed E-state index contributed by atoms with van der Waals surface area (Å²) >= 11 is 0. The fourth-order valence-corrected chi connectivity index (χ4v) is 7.51. The molecule has 38 heavy (non-hydrogen) atoms. The first kappa shape index (κ1) is 25.5. The summed E-state index contributed by atoms with van der Waals surface area (Å²) in [4.78, 5) is 22.7. The van der Waals surface area contributed by atoms with Crippen molar-refractivity contribution in [2.75, 3.05) is 41.3 Å². The van der Waals surface area contributed by atoms with Gasteiger partial charge in [-0.25, -0.2) is 22.8 Å². The Morgan fingerprint density at radius 1 is 1.00 bits per heavy atom. The summed E-state index contributed by atoms with van der Waals surface area (Å²) in [5, 5.41) is 2.83. The fraction of sp³-hybridized carbons (Fsp3) is 0.571. The highest BCUT2D eigenvalue weighted by Gasteiger charge is 2.45. The van der Waals surface area contributed by atoms with Crippen LogP contribution >= 0.6 is 0 Å². The molecule has 0 bridgehead atoms. The molecule has 10 heteroatoms. The van der Waals surface area contributed by atoms with Crippen molar-refractivity contribution in [3.05, 3.63) is 41.5 Å². The van der Waals surface area contributed by atoms with Crippen molar-refractivity contribution in [3.63, 3.8) is 0 Å². The Labute approximate surface area is 223 Å². The molecule has 4 aliphatic rings. The van der Waals surface area contributed by atoms with Crippen molar-refractivity contribution in [2.24, 2.45) is 5.41 Å². The van der Waals surface area contributed by atoms with Gasteiger partial charge < -0.3 is 15.1 Å². The molecular formula is C28H35F2N5O2S. The van der Waals surface area contributed by atoms with E-state index in [0.717, 1.165) is 50.0 Å². The van der Waals surface area contributed by atoms with Gasteiger partial charge in [0.1, 0.15) is 11.6 Å². The van der Waals surface area contributed by atoms with Crippen LogP contribution < -0.4 is 15.1 Å². The number of halogens is 2. The number of aromatic nitrogens is 1. The number of pyridine rings is 1. The third-order valence-electron chi connectivity index (χ3n) is 8.70. The number of aryl methyl sites for hydroxylation is 1. The molecule has 2 saturated heterocycles. The van der Waals surface area contributed by atoms with Crippen LogP contribution in [-0.2, 0) is 9.73 Å². The van der Waals surface area contributed by atoms with Crippen LogP contribution in [0.15, 0.2) is 35.2 Å². The molecule has 204 valence electrons. The maximum absolute atomic E-state index is 13.7. The normalized spacial score (nSPS) is 23.7. The van der Waals surface area contributed by atoms with Gasteiger partial charge in [-0.3, -0.25) is 4.79 Å². The number of hydrogen-bond acceptors (Lipinski definition) is 6. The van der Waals surface area contributed by atoms with Crippen molar-refractivity contribution in [1.29, 1.82) is 4.78 Å². The highest BCUT2D eigenvalue weighted by Crippen LogP contribution is 2.54. The molecular weight excluding hydrogens is 508 g/mol. The number of rotatable bonds is 6. The Morgan fingerprint density at radius 3 is 2.29 bits per heavy atom. The minimum atomic E-state index is -2.90. The SMILES string of the molecule is Cc1cc(NC(=O)c2ccc([S@@](=N)(=O)C3CC3)cc2N2CCC3(CC2)CC3)nc(N2CCC(F)(F)CC2)c1. The zero-order valence-electron chi connectivity index (χ0n) is 21.8. The van der Waals surface area contributed by atoms with Gasteiger partial charge in [0.2, 0.25) is 0 Å². The van der Waals surface area contributed by atoms with E-state index in [2.05, 4.69) is 15.2 Å². The first-order valence-corrected chi connectivity index (χ1v) is 15.3. The number of piperidine rings is 2. The monoisotopic (exact) mass is 543 g/mol. The Morgan fingerprint density at radius 2 is 1.66 bits per heavy atom. The molecule has 0 radical (unpaired) electrons. The van der Waals surface area contributed by atoms with Crippen molar-refractivity contribution in [3.8, 4) is 0 Å². The van der Waals surface area contributed by atoms with Crippen molar-refractivity contribution in [1.82, 2.24) is 4.98 Å². The standard InChI is InChI=1S/C28H35F2N5O2S/c1-19-16-24(32-25(17-19)35-14-10-28(29,30)11-15-35)33-26(36)22-5-4-21(38(31,37)20-2-3-20)18-23(22)34-12-8-27(6-7-27)9-13-34/h4-5,16-18,20,31H,2-3,6-15H2,1H3,(H,32,33,36)/t38-/m0/s1. The number of nitrogens with zero attached hydrogens (tertiary/aromatic N) is 3. The molecule has 4 fully saturated rings. The second kappa shape index (κ2) is 9.17. The zero-order valence-corrected chi connectivity index (χ0v) is 22.6. The van der Waals surface area contributed by atoms with Gasteiger partial charge in [-0.1, -0.05) is 0 Å². The van der Waals surface area contributed by atoms with E-state index in [0.29, 0.717) is 27.5 Å². The molecule has 1 atom stereocenters. The summed E-state index contributed by atoms with van der Waals surface area (Å²) in [6, 6.07) is 8.79.